The van der Waals surface area contributed by atoms with E-state index in [1.54, 1.807) is 10.7 Å². The van der Waals surface area contributed by atoms with Crippen LogP contribution < -0.4 is 0 Å². The maximum Gasteiger partial charge on any atom is 0.311 e. The van der Waals surface area contributed by atoms with E-state index in [1.165, 1.54) is 50.5 Å². The molecule has 1 saturated carbocycles. The number of H-pyrrole nitrogens is 1. The highest BCUT2D eigenvalue weighted by Gasteiger charge is 2.16. The van der Waals surface area contributed by atoms with E-state index >= 15 is 0 Å². The van der Waals surface area contributed by atoms with Gasteiger partial charge in [-0.15, -0.1) is 0 Å². The molecule has 1 aliphatic carbocycles. The number of rotatable bonds is 6. The molecule has 0 bridgehead atoms. The molecule has 0 atom stereocenters. The summed E-state index contributed by atoms with van der Waals surface area (Å²) in [5, 5.41) is 31.8. The van der Waals surface area contributed by atoms with Crippen molar-refractivity contribution in [2.75, 3.05) is 0 Å². The van der Waals surface area contributed by atoms with Crippen molar-refractivity contribution in [1.82, 2.24) is 14.9 Å². The Morgan fingerprint density at radius 1 is 1.42 bits per heavy atom. The number of benzene rings is 1. The second-order valence-electron chi connectivity index (χ2n) is 6.55. The van der Waals surface area contributed by atoms with Crippen LogP contribution in [-0.4, -0.2) is 31.1 Å². The number of nitrogens with zero attached hydrogens (tertiary/aromatic N) is 4. The standard InChI is InChI=1S/C17H21N5O3S/c23-15-8-6-13(10-14(15)22(24)25)11-18-21-16(19-20-17(21)26)9-7-12-4-2-1-3-5-12/h6,8,10-12,23H,1-5,7,9H2,(H,20,26)/b18-11-. The first-order chi connectivity index (χ1) is 12.5. The zero-order valence-electron chi connectivity index (χ0n) is 14.3. The lowest BCUT2D eigenvalue weighted by Gasteiger charge is -2.20. The monoisotopic (exact) mass is 375 g/mol. The van der Waals surface area contributed by atoms with Crippen LogP contribution in [-0.2, 0) is 6.42 Å². The van der Waals surface area contributed by atoms with Crippen LogP contribution in [0.4, 0.5) is 5.69 Å². The molecule has 0 aliphatic heterocycles. The maximum atomic E-state index is 10.9. The number of aromatic amines is 1. The molecular weight excluding hydrogens is 354 g/mol. The van der Waals surface area contributed by atoms with E-state index in [0.29, 0.717) is 10.3 Å². The molecule has 3 rings (SSSR count). The van der Waals surface area contributed by atoms with Gasteiger partial charge in [0.15, 0.2) is 11.6 Å². The van der Waals surface area contributed by atoms with E-state index in [2.05, 4.69) is 15.3 Å². The molecule has 0 amide bonds. The number of nitrogens with one attached hydrogen (secondary N) is 1. The third-order valence-electron chi connectivity index (χ3n) is 4.74. The highest BCUT2D eigenvalue weighted by atomic mass is 32.1. The lowest BCUT2D eigenvalue weighted by molar-refractivity contribution is -0.385. The fraction of sp³-hybridized carbons (Fsp3) is 0.471. The van der Waals surface area contributed by atoms with E-state index in [1.807, 2.05) is 0 Å². The highest BCUT2D eigenvalue weighted by molar-refractivity contribution is 7.71. The molecule has 1 fully saturated rings. The van der Waals surface area contributed by atoms with E-state index in [0.717, 1.165) is 24.6 Å². The van der Waals surface area contributed by atoms with Crippen LogP contribution in [0, 0.1) is 20.8 Å². The largest absolute Gasteiger partial charge is 0.502 e. The van der Waals surface area contributed by atoms with E-state index in [-0.39, 0.29) is 11.4 Å². The summed E-state index contributed by atoms with van der Waals surface area (Å²) in [5.41, 5.74) is 0.137. The summed E-state index contributed by atoms with van der Waals surface area (Å²) >= 11 is 5.23. The topological polar surface area (TPSA) is 109 Å². The quantitative estimate of drug-likeness (QED) is 0.344. The van der Waals surface area contributed by atoms with Gasteiger partial charge in [-0.2, -0.15) is 14.9 Å². The molecule has 2 N–H and O–H groups in total. The molecule has 138 valence electrons. The zero-order chi connectivity index (χ0) is 18.5. The molecule has 26 heavy (non-hydrogen) atoms. The minimum atomic E-state index is -0.633. The van der Waals surface area contributed by atoms with E-state index in [4.69, 9.17) is 12.2 Å². The number of nitro groups is 1. The Morgan fingerprint density at radius 2 is 2.19 bits per heavy atom. The predicted molar refractivity (Wildman–Crippen MR) is 100 cm³/mol. The summed E-state index contributed by atoms with van der Waals surface area (Å²) in [6, 6.07) is 4.10. The van der Waals surface area contributed by atoms with Gasteiger partial charge in [-0.1, -0.05) is 32.1 Å². The molecule has 0 unspecified atom stereocenters. The van der Waals surface area contributed by atoms with Crippen LogP contribution in [0.2, 0.25) is 0 Å². The summed E-state index contributed by atoms with van der Waals surface area (Å²) < 4.78 is 1.93. The average Bonchev–Trinajstić information content (AvgIpc) is 2.99. The summed E-state index contributed by atoms with van der Waals surface area (Å²) in [7, 11) is 0. The number of aromatic nitrogens is 3. The van der Waals surface area contributed by atoms with Crippen molar-refractivity contribution in [1.29, 1.82) is 0 Å². The number of nitro benzene ring substituents is 1. The summed E-state index contributed by atoms with van der Waals surface area (Å²) in [4.78, 5) is 10.3. The van der Waals surface area contributed by atoms with Gasteiger partial charge in [0.05, 0.1) is 11.1 Å². The molecule has 1 aromatic heterocycles. The minimum Gasteiger partial charge on any atom is -0.502 e. The number of hydrogen-bond acceptors (Lipinski definition) is 6. The van der Waals surface area contributed by atoms with Crippen molar-refractivity contribution in [3.63, 3.8) is 0 Å². The van der Waals surface area contributed by atoms with Crippen molar-refractivity contribution < 1.29 is 10.0 Å². The normalized spacial score (nSPS) is 15.5. The molecule has 2 aromatic rings. The van der Waals surface area contributed by atoms with Crippen LogP contribution >= 0.6 is 12.2 Å². The number of aryl methyl sites for hydroxylation is 1. The van der Waals surface area contributed by atoms with Crippen molar-refractivity contribution in [2.45, 2.75) is 44.9 Å². The second kappa shape index (κ2) is 8.22. The second-order valence-corrected chi connectivity index (χ2v) is 6.94. The predicted octanol–water partition coefficient (Wildman–Crippen LogP) is 3.95. The molecule has 0 radical (unpaired) electrons. The Balaban J connectivity index is 1.74. The van der Waals surface area contributed by atoms with Gasteiger partial charge in [-0.25, -0.2) is 0 Å². The number of phenolic OH excluding ortho intramolecular Hbond substituents is 1. The Morgan fingerprint density at radius 3 is 2.92 bits per heavy atom. The SMILES string of the molecule is O=[N+]([O-])c1cc(/C=N\n2c(CCC3CCCCC3)n[nH]c2=S)ccc1O. The van der Waals surface area contributed by atoms with Gasteiger partial charge in [-0.05, 0) is 36.7 Å². The summed E-state index contributed by atoms with van der Waals surface area (Å²) in [5.74, 6) is 1.11. The lowest BCUT2D eigenvalue weighted by atomic mass is 9.86. The average molecular weight is 375 g/mol. The van der Waals surface area contributed by atoms with Crippen LogP contribution in [0.3, 0.4) is 0 Å². The Kier molecular flexibility index (Phi) is 5.77. The minimum absolute atomic E-state index is 0.359. The van der Waals surface area contributed by atoms with Gasteiger partial charge in [-0.3, -0.25) is 15.2 Å². The van der Waals surface area contributed by atoms with E-state index in [9.17, 15) is 15.2 Å². The molecule has 1 aliphatic rings. The number of phenols is 1. The van der Waals surface area contributed by atoms with Crippen LogP contribution in [0.5, 0.6) is 5.75 Å². The first-order valence-electron chi connectivity index (χ1n) is 8.72. The molecule has 1 heterocycles. The molecule has 1 aromatic carbocycles. The first-order valence-corrected chi connectivity index (χ1v) is 9.13. The number of aromatic hydroxyl groups is 1. The fourth-order valence-corrected chi connectivity index (χ4v) is 3.50. The smallest absolute Gasteiger partial charge is 0.311 e. The zero-order valence-corrected chi connectivity index (χ0v) is 15.1. The van der Waals surface area contributed by atoms with Gasteiger partial charge < -0.3 is 5.11 Å². The Bertz CT molecular complexity index is 868. The number of hydrogen-bond donors (Lipinski definition) is 2. The van der Waals surface area contributed by atoms with Crippen molar-refractivity contribution in [3.8, 4) is 5.75 Å². The van der Waals surface area contributed by atoms with Gasteiger partial charge in [0, 0.05) is 18.1 Å². The molecular formula is C17H21N5O3S. The summed E-state index contributed by atoms with van der Waals surface area (Å²) in [6.45, 7) is 0. The Labute approximate surface area is 155 Å². The fourth-order valence-electron chi connectivity index (χ4n) is 3.31. The van der Waals surface area contributed by atoms with E-state index < -0.39 is 4.92 Å². The molecule has 0 spiro atoms. The highest BCUT2D eigenvalue weighted by Crippen LogP contribution is 2.27. The van der Waals surface area contributed by atoms with Gasteiger partial charge >= 0.3 is 5.69 Å². The maximum absolute atomic E-state index is 10.9. The molecule has 8 nitrogen and oxygen atoms in total. The van der Waals surface area contributed by atoms with Crippen molar-refractivity contribution in [3.05, 3.63) is 44.5 Å². The van der Waals surface area contributed by atoms with Crippen LogP contribution in [0.15, 0.2) is 23.3 Å². The van der Waals surface area contributed by atoms with Gasteiger partial charge in [0.2, 0.25) is 4.77 Å². The summed E-state index contributed by atoms with van der Waals surface area (Å²) in [6.07, 6.45) is 9.78. The van der Waals surface area contributed by atoms with Crippen LogP contribution in [0.1, 0.15) is 49.9 Å². The van der Waals surface area contributed by atoms with Crippen molar-refractivity contribution in [2.24, 2.45) is 11.0 Å². The Hall–Kier alpha value is -2.55. The molecule has 9 heteroatoms. The van der Waals surface area contributed by atoms with Crippen molar-refractivity contribution >= 4 is 24.1 Å². The molecule has 0 saturated heterocycles. The third-order valence-corrected chi connectivity index (χ3v) is 5.00. The lowest BCUT2D eigenvalue weighted by Crippen LogP contribution is -2.09. The van der Waals surface area contributed by atoms with Gasteiger partial charge in [0.25, 0.3) is 0 Å². The van der Waals surface area contributed by atoms with Gasteiger partial charge in [0.1, 0.15) is 0 Å². The van der Waals surface area contributed by atoms with Crippen LogP contribution in [0.25, 0.3) is 0 Å². The third kappa shape index (κ3) is 4.34. The first kappa shape index (κ1) is 18.2.